The van der Waals surface area contributed by atoms with Gasteiger partial charge in [-0.25, -0.2) is 9.97 Å². The summed E-state index contributed by atoms with van der Waals surface area (Å²) in [7, 11) is 2.01. The standard InChI is InChI=1S/C13H22N4O/c1-11-14-12(16(2)6-5-9-18)10-13(15-11)17-7-3-4-8-17/h10,18H,3-9H2,1-2H3. The normalized spacial score (nSPS) is 15.2. The predicted octanol–water partition coefficient (Wildman–Crippen LogP) is 1.20. The molecule has 1 fully saturated rings. The average molecular weight is 250 g/mol. The molecule has 1 N–H and O–H groups in total. The molecule has 5 nitrogen and oxygen atoms in total. The van der Waals surface area contributed by atoms with Gasteiger partial charge in [-0.05, 0) is 26.2 Å². The molecule has 1 saturated heterocycles. The largest absolute Gasteiger partial charge is 0.396 e. The van der Waals surface area contributed by atoms with E-state index in [1.165, 1.54) is 12.8 Å². The Morgan fingerprint density at radius 3 is 2.72 bits per heavy atom. The number of aromatic nitrogens is 2. The first-order chi connectivity index (χ1) is 8.70. The van der Waals surface area contributed by atoms with E-state index in [4.69, 9.17) is 5.11 Å². The van der Waals surface area contributed by atoms with Gasteiger partial charge in [0.05, 0.1) is 0 Å². The number of aryl methyl sites for hydroxylation is 1. The number of aliphatic hydroxyl groups is 1. The van der Waals surface area contributed by atoms with Crippen LogP contribution in [-0.2, 0) is 0 Å². The molecule has 5 heteroatoms. The fourth-order valence-electron chi connectivity index (χ4n) is 2.26. The van der Waals surface area contributed by atoms with Crippen molar-refractivity contribution in [1.29, 1.82) is 0 Å². The molecule has 0 radical (unpaired) electrons. The first-order valence-corrected chi connectivity index (χ1v) is 6.63. The molecule has 100 valence electrons. The molecule has 0 amide bonds. The van der Waals surface area contributed by atoms with Crippen LogP contribution < -0.4 is 9.80 Å². The van der Waals surface area contributed by atoms with Gasteiger partial charge in [0.1, 0.15) is 17.5 Å². The second kappa shape index (κ2) is 6.00. The smallest absolute Gasteiger partial charge is 0.134 e. The van der Waals surface area contributed by atoms with E-state index < -0.39 is 0 Å². The van der Waals surface area contributed by atoms with E-state index in [1.807, 2.05) is 14.0 Å². The summed E-state index contributed by atoms with van der Waals surface area (Å²) in [5, 5.41) is 8.88. The van der Waals surface area contributed by atoms with Gasteiger partial charge in [0.15, 0.2) is 0 Å². The average Bonchev–Trinajstić information content (AvgIpc) is 2.89. The third-order valence-corrected chi connectivity index (χ3v) is 3.28. The third kappa shape index (κ3) is 3.10. The zero-order chi connectivity index (χ0) is 13.0. The van der Waals surface area contributed by atoms with Gasteiger partial charge >= 0.3 is 0 Å². The van der Waals surface area contributed by atoms with Crippen molar-refractivity contribution in [3.8, 4) is 0 Å². The van der Waals surface area contributed by atoms with Gasteiger partial charge in [0.25, 0.3) is 0 Å². The van der Waals surface area contributed by atoms with Gasteiger partial charge in [-0.1, -0.05) is 0 Å². The van der Waals surface area contributed by atoms with Crippen molar-refractivity contribution < 1.29 is 5.11 Å². The number of anilines is 2. The number of nitrogens with zero attached hydrogens (tertiary/aromatic N) is 4. The summed E-state index contributed by atoms with van der Waals surface area (Å²) in [6.07, 6.45) is 3.26. The Labute approximate surface area is 108 Å². The highest BCUT2D eigenvalue weighted by Crippen LogP contribution is 2.22. The van der Waals surface area contributed by atoms with Crippen molar-refractivity contribution >= 4 is 11.6 Å². The van der Waals surface area contributed by atoms with Crippen LogP contribution in [0.4, 0.5) is 11.6 Å². The van der Waals surface area contributed by atoms with Gasteiger partial charge in [0.2, 0.25) is 0 Å². The Morgan fingerprint density at radius 1 is 1.33 bits per heavy atom. The van der Waals surface area contributed by atoms with Crippen LogP contribution in [0, 0.1) is 6.92 Å². The Morgan fingerprint density at radius 2 is 2.06 bits per heavy atom. The van der Waals surface area contributed by atoms with E-state index in [-0.39, 0.29) is 6.61 Å². The number of hydrogen-bond donors (Lipinski definition) is 1. The summed E-state index contributed by atoms with van der Waals surface area (Å²) < 4.78 is 0. The quantitative estimate of drug-likeness (QED) is 0.851. The number of rotatable bonds is 5. The van der Waals surface area contributed by atoms with Crippen LogP contribution in [0.25, 0.3) is 0 Å². The monoisotopic (exact) mass is 250 g/mol. The van der Waals surface area contributed by atoms with Crippen LogP contribution in [0.3, 0.4) is 0 Å². The predicted molar refractivity (Wildman–Crippen MR) is 73.2 cm³/mol. The second-order valence-electron chi connectivity index (χ2n) is 4.82. The fraction of sp³-hybridized carbons (Fsp3) is 0.692. The molecule has 0 atom stereocenters. The minimum absolute atomic E-state index is 0.216. The minimum Gasteiger partial charge on any atom is -0.396 e. The Bertz CT molecular complexity index is 391. The van der Waals surface area contributed by atoms with E-state index in [0.29, 0.717) is 0 Å². The van der Waals surface area contributed by atoms with E-state index in [2.05, 4.69) is 25.8 Å². The maximum atomic E-state index is 8.88. The molecule has 0 unspecified atom stereocenters. The molecule has 0 saturated carbocycles. The molecule has 0 bridgehead atoms. The van der Waals surface area contributed by atoms with Gasteiger partial charge < -0.3 is 14.9 Å². The summed E-state index contributed by atoms with van der Waals surface area (Å²) >= 11 is 0. The maximum absolute atomic E-state index is 8.88. The van der Waals surface area contributed by atoms with E-state index in [1.54, 1.807) is 0 Å². The first-order valence-electron chi connectivity index (χ1n) is 6.63. The van der Waals surface area contributed by atoms with Gasteiger partial charge in [-0.2, -0.15) is 0 Å². The molecule has 1 aliphatic rings. The molecule has 1 aliphatic heterocycles. The van der Waals surface area contributed by atoms with Crippen LogP contribution >= 0.6 is 0 Å². The number of hydrogen-bond acceptors (Lipinski definition) is 5. The van der Waals surface area contributed by atoms with E-state index >= 15 is 0 Å². The van der Waals surface area contributed by atoms with Crippen LogP contribution in [0.15, 0.2) is 6.07 Å². The molecule has 0 aliphatic carbocycles. The molecule has 0 aromatic carbocycles. The lowest BCUT2D eigenvalue weighted by molar-refractivity contribution is 0.290. The molecule has 2 rings (SSSR count). The lowest BCUT2D eigenvalue weighted by atomic mass is 10.4. The summed E-state index contributed by atoms with van der Waals surface area (Å²) in [6.45, 7) is 5.15. The topological polar surface area (TPSA) is 52.5 Å². The number of aliphatic hydroxyl groups excluding tert-OH is 1. The van der Waals surface area contributed by atoms with Crippen LogP contribution in [-0.4, -0.2) is 48.4 Å². The molecule has 2 heterocycles. The van der Waals surface area contributed by atoms with Crippen molar-refractivity contribution in [3.63, 3.8) is 0 Å². The lowest BCUT2D eigenvalue weighted by Crippen LogP contribution is -2.24. The van der Waals surface area contributed by atoms with Crippen molar-refractivity contribution in [1.82, 2.24) is 9.97 Å². The Hall–Kier alpha value is -1.36. The highest BCUT2D eigenvalue weighted by atomic mass is 16.3. The molecule has 1 aromatic rings. The van der Waals surface area contributed by atoms with E-state index in [9.17, 15) is 0 Å². The zero-order valence-electron chi connectivity index (χ0n) is 11.3. The highest BCUT2D eigenvalue weighted by Gasteiger charge is 2.15. The maximum Gasteiger partial charge on any atom is 0.134 e. The summed E-state index contributed by atoms with van der Waals surface area (Å²) in [4.78, 5) is 13.4. The minimum atomic E-state index is 0.216. The Kier molecular flexibility index (Phi) is 4.36. The van der Waals surface area contributed by atoms with Gasteiger partial charge in [-0.3, -0.25) is 0 Å². The zero-order valence-corrected chi connectivity index (χ0v) is 11.3. The second-order valence-corrected chi connectivity index (χ2v) is 4.82. The molecular formula is C13H22N4O. The summed E-state index contributed by atoms with van der Waals surface area (Å²) in [6, 6.07) is 2.05. The molecule has 0 spiro atoms. The molecule has 1 aromatic heterocycles. The van der Waals surface area contributed by atoms with Crippen molar-refractivity contribution in [2.24, 2.45) is 0 Å². The fourth-order valence-corrected chi connectivity index (χ4v) is 2.26. The van der Waals surface area contributed by atoms with Gasteiger partial charge in [-0.15, -0.1) is 0 Å². The van der Waals surface area contributed by atoms with Crippen LogP contribution in [0.2, 0.25) is 0 Å². The molecule has 18 heavy (non-hydrogen) atoms. The summed E-state index contributed by atoms with van der Waals surface area (Å²) in [5.41, 5.74) is 0. The van der Waals surface area contributed by atoms with Gasteiger partial charge in [0, 0.05) is 39.4 Å². The lowest BCUT2D eigenvalue weighted by Gasteiger charge is -2.22. The molecular weight excluding hydrogens is 228 g/mol. The van der Waals surface area contributed by atoms with E-state index in [0.717, 1.165) is 43.5 Å². The van der Waals surface area contributed by atoms with Crippen molar-refractivity contribution in [3.05, 3.63) is 11.9 Å². The highest BCUT2D eigenvalue weighted by molar-refractivity contribution is 5.51. The summed E-state index contributed by atoms with van der Waals surface area (Å²) in [5.74, 6) is 2.79. The van der Waals surface area contributed by atoms with Crippen LogP contribution in [0.5, 0.6) is 0 Å². The SMILES string of the molecule is Cc1nc(N(C)CCCO)cc(N2CCCC2)n1. The Balaban J connectivity index is 2.14. The van der Waals surface area contributed by atoms with Crippen molar-refractivity contribution in [2.45, 2.75) is 26.2 Å². The van der Waals surface area contributed by atoms with Crippen molar-refractivity contribution in [2.75, 3.05) is 43.1 Å². The van der Waals surface area contributed by atoms with Crippen LogP contribution in [0.1, 0.15) is 25.1 Å². The third-order valence-electron chi connectivity index (χ3n) is 3.28. The first kappa shape index (κ1) is 13.1.